The molecule has 0 atom stereocenters. The first kappa shape index (κ1) is 12.8. The lowest BCUT2D eigenvalue weighted by atomic mass is 10.1. The van der Waals surface area contributed by atoms with Crippen LogP contribution in [0.4, 0.5) is 17.6 Å². The zero-order valence-electron chi connectivity index (χ0n) is 8.72. The second kappa shape index (κ2) is 4.57. The third-order valence-electron chi connectivity index (χ3n) is 2.18. The second-order valence-electron chi connectivity index (χ2n) is 3.45. The van der Waals surface area contributed by atoms with Crippen LogP contribution in [-0.2, 0) is 6.18 Å². The molecule has 0 N–H and O–H groups in total. The van der Waals surface area contributed by atoms with Gasteiger partial charge in [0, 0.05) is 5.56 Å². The minimum Gasteiger partial charge on any atom is -0.232 e. The lowest BCUT2D eigenvalue weighted by Gasteiger charge is -2.09. The molecule has 0 amide bonds. The van der Waals surface area contributed by atoms with E-state index in [2.05, 4.69) is 11.1 Å². The second-order valence-corrected chi connectivity index (χ2v) is 3.84. The molecule has 0 fully saturated rings. The Balaban J connectivity index is 2.60. The Kier molecular flexibility index (Phi) is 3.26. The van der Waals surface area contributed by atoms with Crippen LogP contribution < -0.4 is 0 Å². The topological polar surface area (TPSA) is 12.9 Å². The zero-order chi connectivity index (χ0) is 13.3. The smallest absolute Gasteiger partial charge is 0.232 e. The van der Waals surface area contributed by atoms with Gasteiger partial charge in [-0.05, 0) is 29.8 Å². The molecule has 1 aromatic heterocycles. The average molecular weight is 275 g/mol. The normalized spacial score (nSPS) is 11.6. The van der Waals surface area contributed by atoms with Gasteiger partial charge >= 0.3 is 6.18 Å². The van der Waals surface area contributed by atoms with E-state index in [1.54, 1.807) is 0 Å². The van der Waals surface area contributed by atoms with Crippen molar-refractivity contribution in [3.8, 4) is 11.1 Å². The Bertz CT molecular complexity index is 581. The summed E-state index contributed by atoms with van der Waals surface area (Å²) in [4.78, 5) is 3.16. The van der Waals surface area contributed by atoms with Crippen molar-refractivity contribution in [2.24, 2.45) is 0 Å². The van der Waals surface area contributed by atoms with Crippen molar-refractivity contribution >= 4 is 11.6 Å². The van der Waals surface area contributed by atoms with Crippen LogP contribution in [0.3, 0.4) is 0 Å². The number of halogens is 5. The van der Waals surface area contributed by atoms with Crippen molar-refractivity contribution in [3.05, 3.63) is 53.1 Å². The minimum atomic E-state index is -4.63. The van der Waals surface area contributed by atoms with Crippen molar-refractivity contribution < 1.29 is 17.6 Å². The van der Waals surface area contributed by atoms with Gasteiger partial charge in [0.2, 0.25) is 0 Å². The Morgan fingerprint density at radius 1 is 1.22 bits per heavy atom. The van der Waals surface area contributed by atoms with Crippen molar-refractivity contribution in [1.29, 1.82) is 0 Å². The highest BCUT2D eigenvalue weighted by atomic mass is 35.5. The van der Waals surface area contributed by atoms with E-state index in [0.717, 1.165) is 18.2 Å². The molecular weight excluding hydrogens is 270 g/mol. The maximum absolute atomic E-state index is 13.5. The summed E-state index contributed by atoms with van der Waals surface area (Å²) in [5.74, 6) is -0.673. The van der Waals surface area contributed by atoms with Gasteiger partial charge in [-0.25, -0.2) is 9.37 Å². The number of hydrogen-bond acceptors (Lipinski definition) is 1. The van der Waals surface area contributed by atoms with Gasteiger partial charge < -0.3 is 0 Å². The molecule has 18 heavy (non-hydrogen) atoms. The summed E-state index contributed by atoms with van der Waals surface area (Å²) in [5, 5.41) is -0.350. The van der Waals surface area contributed by atoms with E-state index in [4.69, 9.17) is 11.6 Å². The van der Waals surface area contributed by atoms with Crippen LogP contribution in [0.1, 0.15) is 5.69 Å². The summed E-state index contributed by atoms with van der Waals surface area (Å²) in [6, 6.07) is 8.36. The van der Waals surface area contributed by atoms with Crippen LogP contribution in [0.25, 0.3) is 11.1 Å². The summed E-state index contributed by atoms with van der Waals surface area (Å²) in [6.07, 6.45) is -4.63. The number of aromatic nitrogens is 1. The van der Waals surface area contributed by atoms with E-state index < -0.39 is 17.7 Å². The van der Waals surface area contributed by atoms with Crippen LogP contribution in [-0.4, -0.2) is 4.98 Å². The molecule has 0 spiro atoms. The molecule has 2 aromatic rings. The fraction of sp³-hybridized carbons (Fsp3) is 0.0833. The molecule has 0 bridgehead atoms. The molecule has 2 rings (SSSR count). The molecule has 1 nitrogen and oxygen atoms in total. The average Bonchev–Trinajstić information content (AvgIpc) is 2.27. The Morgan fingerprint density at radius 2 is 1.94 bits per heavy atom. The SMILES string of the molecule is Fc1ccc[c]c1-c1cc(Cl)nc(C(F)(F)F)c1. The summed E-state index contributed by atoms with van der Waals surface area (Å²) < 4.78 is 51.1. The van der Waals surface area contributed by atoms with Crippen LogP contribution in [0.15, 0.2) is 30.3 Å². The maximum atomic E-state index is 13.5. The lowest BCUT2D eigenvalue weighted by Crippen LogP contribution is -2.08. The van der Waals surface area contributed by atoms with Crippen molar-refractivity contribution in [2.45, 2.75) is 6.18 Å². The van der Waals surface area contributed by atoms with Crippen molar-refractivity contribution in [3.63, 3.8) is 0 Å². The molecule has 1 aromatic carbocycles. The summed E-state index contributed by atoms with van der Waals surface area (Å²) in [5.41, 5.74) is -1.26. The number of rotatable bonds is 1. The number of hydrogen-bond donors (Lipinski definition) is 0. The third kappa shape index (κ3) is 2.61. The monoisotopic (exact) mass is 274 g/mol. The van der Waals surface area contributed by atoms with Gasteiger partial charge in [0.1, 0.15) is 16.7 Å². The predicted octanol–water partition coefficient (Wildman–Crippen LogP) is 4.36. The number of pyridine rings is 1. The molecule has 1 heterocycles. The molecule has 0 aliphatic carbocycles. The summed E-state index contributed by atoms with van der Waals surface area (Å²) >= 11 is 5.51. The highest BCUT2D eigenvalue weighted by Crippen LogP contribution is 2.33. The van der Waals surface area contributed by atoms with Gasteiger partial charge in [0.15, 0.2) is 0 Å². The molecule has 0 aliphatic rings. The molecule has 0 saturated carbocycles. The maximum Gasteiger partial charge on any atom is 0.433 e. The molecule has 6 heteroatoms. The fourth-order valence-corrected chi connectivity index (χ4v) is 1.63. The van der Waals surface area contributed by atoms with E-state index in [0.29, 0.717) is 0 Å². The quantitative estimate of drug-likeness (QED) is 0.556. The molecule has 93 valence electrons. The number of alkyl halides is 3. The van der Waals surface area contributed by atoms with Crippen LogP contribution in [0, 0.1) is 11.9 Å². The zero-order valence-corrected chi connectivity index (χ0v) is 9.48. The standard InChI is InChI=1S/C12H5ClF4N/c13-11-6-7(5-10(18-11)12(15,16)17)8-3-1-2-4-9(8)14/h1-2,4-6H. The highest BCUT2D eigenvalue weighted by molar-refractivity contribution is 6.29. The summed E-state index contributed by atoms with van der Waals surface area (Å²) in [6.45, 7) is 0. The molecule has 0 aliphatic heterocycles. The van der Waals surface area contributed by atoms with Crippen LogP contribution >= 0.6 is 11.6 Å². The highest BCUT2D eigenvalue weighted by Gasteiger charge is 2.33. The van der Waals surface area contributed by atoms with Gasteiger partial charge in [-0.1, -0.05) is 23.7 Å². The van der Waals surface area contributed by atoms with Gasteiger partial charge in [-0.3, -0.25) is 0 Å². The fourth-order valence-electron chi connectivity index (χ4n) is 1.42. The number of nitrogens with zero attached hydrogens (tertiary/aromatic N) is 1. The van der Waals surface area contributed by atoms with E-state index in [1.807, 2.05) is 0 Å². The molecular formula is C12H5ClF4N. The summed E-state index contributed by atoms with van der Waals surface area (Å²) in [7, 11) is 0. The van der Waals surface area contributed by atoms with E-state index in [9.17, 15) is 17.6 Å². The largest absolute Gasteiger partial charge is 0.433 e. The van der Waals surface area contributed by atoms with Gasteiger partial charge in [-0.15, -0.1) is 0 Å². The van der Waals surface area contributed by atoms with Crippen LogP contribution in [0.2, 0.25) is 5.15 Å². The van der Waals surface area contributed by atoms with Crippen molar-refractivity contribution in [2.75, 3.05) is 0 Å². The van der Waals surface area contributed by atoms with E-state index in [1.165, 1.54) is 12.1 Å². The van der Waals surface area contributed by atoms with Crippen molar-refractivity contribution in [1.82, 2.24) is 4.98 Å². The van der Waals surface area contributed by atoms with E-state index in [-0.39, 0.29) is 16.3 Å². The van der Waals surface area contributed by atoms with Crippen LogP contribution in [0.5, 0.6) is 0 Å². The Morgan fingerprint density at radius 3 is 2.56 bits per heavy atom. The Hall–Kier alpha value is -1.62. The van der Waals surface area contributed by atoms with E-state index >= 15 is 0 Å². The Labute approximate surface area is 105 Å². The number of benzene rings is 1. The lowest BCUT2D eigenvalue weighted by molar-refractivity contribution is -0.141. The first-order valence-corrected chi connectivity index (χ1v) is 5.17. The molecule has 0 saturated heterocycles. The van der Waals surface area contributed by atoms with Gasteiger partial charge in [0.05, 0.1) is 0 Å². The molecule has 0 unspecified atom stereocenters. The molecule has 1 radical (unpaired) electrons. The minimum absolute atomic E-state index is 0.0135. The predicted molar refractivity (Wildman–Crippen MR) is 58.5 cm³/mol. The first-order chi connectivity index (χ1) is 8.38. The third-order valence-corrected chi connectivity index (χ3v) is 2.37. The van der Waals surface area contributed by atoms with Gasteiger partial charge in [0.25, 0.3) is 0 Å². The van der Waals surface area contributed by atoms with Gasteiger partial charge in [-0.2, -0.15) is 13.2 Å². The first-order valence-electron chi connectivity index (χ1n) is 4.79.